The van der Waals surface area contributed by atoms with E-state index in [2.05, 4.69) is 10.8 Å². The number of sulfonamides is 1. The highest BCUT2D eigenvalue weighted by atomic mass is 32.2. The predicted octanol–water partition coefficient (Wildman–Crippen LogP) is 4.98. The highest BCUT2D eigenvalue weighted by Crippen LogP contribution is 2.44. The Kier molecular flexibility index (Phi) is 5.52. The van der Waals surface area contributed by atoms with E-state index in [0.29, 0.717) is 16.8 Å². The Morgan fingerprint density at radius 2 is 1.63 bits per heavy atom. The van der Waals surface area contributed by atoms with Crippen molar-refractivity contribution in [3.05, 3.63) is 58.7 Å². The van der Waals surface area contributed by atoms with Crippen LogP contribution in [0, 0.1) is 11.3 Å². The molecular formula is C23H24N2O4S. The summed E-state index contributed by atoms with van der Waals surface area (Å²) >= 11 is 0. The first kappa shape index (κ1) is 20.4. The molecule has 0 amide bonds. The lowest BCUT2D eigenvalue weighted by Crippen LogP contribution is -2.18. The molecule has 6 nitrogen and oxygen atoms in total. The maximum atomic E-state index is 13.4. The molecule has 2 N–H and O–H groups in total. The van der Waals surface area contributed by atoms with Gasteiger partial charge >= 0.3 is 5.97 Å². The molecule has 7 heteroatoms. The van der Waals surface area contributed by atoms with Gasteiger partial charge in [0.1, 0.15) is 0 Å². The zero-order valence-corrected chi connectivity index (χ0v) is 17.4. The zero-order chi connectivity index (χ0) is 21.3. The molecule has 0 aliphatic heterocycles. The number of carboxylic acids is 1. The van der Waals surface area contributed by atoms with Crippen molar-refractivity contribution in [3.8, 4) is 6.07 Å². The summed E-state index contributed by atoms with van der Waals surface area (Å²) in [6.45, 7) is 0. The molecule has 2 aliphatic rings. The molecular weight excluding hydrogens is 400 g/mol. The summed E-state index contributed by atoms with van der Waals surface area (Å²) in [7, 11) is -4.01. The van der Waals surface area contributed by atoms with Gasteiger partial charge in [-0.3, -0.25) is 4.72 Å². The molecule has 2 fully saturated rings. The topological polar surface area (TPSA) is 107 Å². The van der Waals surface area contributed by atoms with E-state index in [1.165, 1.54) is 18.6 Å². The fraction of sp³-hybridized carbons (Fsp3) is 0.391. The molecule has 0 aromatic heterocycles. The van der Waals surface area contributed by atoms with Gasteiger partial charge in [0.25, 0.3) is 10.0 Å². The van der Waals surface area contributed by atoms with Crippen LogP contribution in [0.3, 0.4) is 0 Å². The van der Waals surface area contributed by atoms with E-state index in [0.717, 1.165) is 44.1 Å². The van der Waals surface area contributed by atoms with Gasteiger partial charge in [0.2, 0.25) is 0 Å². The lowest BCUT2D eigenvalue weighted by molar-refractivity contribution is 0.0696. The molecule has 0 unspecified atom stereocenters. The molecule has 2 saturated carbocycles. The van der Waals surface area contributed by atoms with Gasteiger partial charge in [-0.2, -0.15) is 5.26 Å². The van der Waals surface area contributed by atoms with Crippen molar-refractivity contribution in [2.45, 2.75) is 61.7 Å². The maximum absolute atomic E-state index is 13.4. The number of rotatable bonds is 6. The number of nitrogens with zero attached hydrogens (tertiary/aromatic N) is 1. The SMILES string of the molecule is N#Cc1ccc(C2CCCCC2)c(NS(=O)(=O)c2cc(C(=O)O)ccc2C2CC2)c1. The van der Waals surface area contributed by atoms with Crippen molar-refractivity contribution >= 4 is 21.7 Å². The summed E-state index contributed by atoms with van der Waals surface area (Å²) < 4.78 is 29.4. The normalized spacial score (nSPS) is 17.3. The standard InChI is InChI=1S/C23H24N2O4S/c24-14-15-6-10-19(16-4-2-1-3-5-16)21(12-15)25-30(28,29)22-13-18(23(26)27)9-11-20(22)17-7-8-17/h6,9-13,16-17,25H,1-5,7-8H2,(H,26,27). The summed E-state index contributed by atoms with van der Waals surface area (Å²) in [6.07, 6.45) is 7.15. The van der Waals surface area contributed by atoms with E-state index in [-0.39, 0.29) is 22.3 Å². The van der Waals surface area contributed by atoms with Gasteiger partial charge in [-0.05, 0) is 72.9 Å². The van der Waals surface area contributed by atoms with E-state index in [1.807, 2.05) is 6.07 Å². The summed E-state index contributed by atoms with van der Waals surface area (Å²) in [5.74, 6) is -0.775. The van der Waals surface area contributed by atoms with E-state index >= 15 is 0 Å². The summed E-state index contributed by atoms with van der Waals surface area (Å²) in [5.41, 5.74) is 2.30. The third-order valence-corrected chi connectivity index (χ3v) is 7.46. The molecule has 0 bridgehead atoms. The molecule has 156 valence electrons. The summed E-state index contributed by atoms with van der Waals surface area (Å²) in [5, 5.41) is 18.6. The van der Waals surface area contributed by atoms with Crippen LogP contribution in [0.1, 0.15) is 83.8 Å². The lowest BCUT2D eigenvalue weighted by atomic mass is 9.83. The first-order valence-corrected chi connectivity index (χ1v) is 11.8. The Morgan fingerprint density at radius 1 is 0.967 bits per heavy atom. The maximum Gasteiger partial charge on any atom is 0.335 e. The molecule has 4 rings (SSSR count). The Bertz CT molecular complexity index is 1120. The molecule has 0 saturated heterocycles. The number of hydrogen-bond donors (Lipinski definition) is 2. The number of aromatic carboxylic acids is 1. The molecule has 0 atom stereocenters. The molecule has 0 heterocycles. The molecule has 2 aliphatic carbocycles. The minimum atomic E-state index is -4.01. The fourth-order valence-electron chi connectivity index (χ4n) is 4.32. The van der Waals surface area contributed by atoms with Crippen LogP contribution in [-0.2, 0) is 10.0 Å². The molecule has 0 radical (unpaired) electrons. The van der Waals surface area contributed by atoms with E-state index < -0.39 is 16.0 Å². The first-order chi connectivity index (χ1) is 14.4. The van der Waals surface area contributed by atoms with Crippen molar-refractivity contribution in [1.82, 2.24) is 0 Å². The minimum Gasteiger partial charge on any atom is -0.478 e. The number of nitrogens with one attached hydrogen (secondary N) is 1. The second-order valence-electron chi connectivity index (χ2n) is 8.19. The zero-order valence-electron chi connectivity index (χ0n) is 16.6. The molecule has 2 aromatic carbocycles. The quantitative estimate of drug-likeness (QED) is 0.680. The second kappa shape index (κ2) is 8.11. The van der Waals surface area contributed by atoms with E-state index in [4.69, 9.17) is 0 Å². The van der Waals surface area contributed by atoms with Gasteiger partial charge in [-0.25, -0.2) is 13.2 Å². The number of carboxylic acid groups (broad SMARTS) is 1. The van der Waals surface area contributed by atoms with E-state index in [9.17, 15) is 23.6 Å². The number of carbonyl (C=O) groups is 1. The summed E-state index contributed by atoms with van der Waals surface area (Å²) in [4.78, 5) is 11.4. The van der Waals surface area contributed by atoms with Crippen LogP contribution >= 0.6 is 0 Å². The average Bonchev–Trinajstić information content (AvgIpc) is 3.59. The van der Waals surface area contributed by atoms with Crippen molar-refractivity contribution < 1.29 is 18.3 Å². The van der Waals surface area contributed by atoms with Crippen molar-refractivity contribution in [2.75, 3.05) is 4.72 Å². The van der Waals surface area contributed by atoms with Crippen LogP contribution in [0.15, 0.2) is 41.3 Å². The molecule has 0 spiro atoms. The average molecular weight is 425 g/mol. The van der Waals surface area contributed by atoms with Crippen LogP contribution < -0.4 is 4.72 Å². The van der Waals surface area contributed by atoms with Crippen LogP contribution in [-0.4, -0.2) is 19.5 Å². The molecule has 30 heavy (non-hydrogen) atoms. The van der Waals surface area contributed by atoms with Crippen LogP contribution in [0.4, 0.5) is 5.69 Å². The lowest BCUT2D eigenvalue weighted by Gasteiger charge is -2.25. The third kappa shape index (κ3) is 4.19. The van der Waals surface area contributed by atoms with Gasteiger partial charge < -0.3 is 5.11 Å². The number of nitriles is 1. The van der Waals surface area contributed by atoms with Crippen LogP contribution in [0.25, 0.3) is 0 Å². The Labute approximate surface area is 176 Å². The van der Waals surface area contributed by atoms with Crippen molar-refractivity contribution in [3.63, 3.8) is 0 Å². The Balaban J connectivity index is 1.76. The Hall–Kier alpha value is -2.85. The van der Waals surface area contributed by atoms with Gasteiger partial charge in [-0.15, -0.1) is 0 Å². The predicted molar refractivity (Wildman–Crippen MR) is 113 cm³/mol. The fourth-order valence-corrected chi connectivity index (χ4v) is 5.72. The number of benzene rings is 2. The minimum absolute atomic E-state index is 0.0156. The second-order valence-corrected chi connectivity index (χ2v) is 9.84. The van der Waals surface area contributed by atoms with Gasteiger partial charge in [0.15, 0.2) is 0 Å². The summed E-state index contributed by atoms with van der Waals surface area (Å²) in [6, 6.07) is 11.5. The van der Waals surface area contributed by atoms with Gasteiger partial charge in [0, 0.05) is 0 Å². The number of anilines is 1. The number of hydrogen-bond acceptors (Lipinski definition) is 4. The largest absolute Gasteiger partial charge is 0.478 e. The first-order valence-electron chi connectivity index (χ1n) is 10.3. The van der Waals surface area contributed by atoms with Gasteiger partial charge in [0.05, 0.1) is 27.8 Å². The highest BCUT2D eigenvalue weighted by molar-refractivity contribution is 7.92. The van der Waals surface area contributed by atoms with E-state index in [1.54, 1.807) is 18.2 Å². The van der Waals surface area contributed by atoms with Gasteiger partial charge in [-0.1, -0.05) is 31.4 Å². The van der Waals surface area contributed by atoms with Crippen LogP contribution in [0.2, 0.25) is 0 Å². The Morgan fingerprint density at radius 3 is 2.27 bits per heavy atom. The smallest absolute Gasteiger partial charge is 0.335 e. The molecule has 2 aromatic rings. The highest BCUT2D eigenvalue weighted by Gasteiger charge is 2.32. The third-order valence-electron chi connectivity index (χ3n) is 6.04. The van der Waals surface area contributed by atoms with Crippen molar-refractivity contribution in [2.24, 2.45) is 0 Å². The monoisotopic (exact) mass is 424 g/mol. The van der Waals surface area contributed by atoms with Crippen LogP contribution in [0.5, 0.6) is 0 Å². The van der Waals surface area contributed by atoms with Crippen molar-refractivity contribution in [1.29, 1.82) is 5.26 Å².